The van der Waals surface area contributed by atoms with Crippen molar-refractivity contribution in [2.24, 2.45) is 5.73 Å². The summed E-state index contributed by atoms with van der Waals surface area (Å²) < 4.78 is 5.83. The highest BCUT2D eigenvalue weighted by Gasteiger charge is 2.33. The fourth-order valence-electron chi connectivity index (χ4n) is 2.92. The van der Waals surface area contributed by atoms with Crippen LogP contribution in [-0.4, -0.2) is 36.0 Å². The molecule has 4 nitrogen and oxygen atoms in total. The number of nitrogens with two attached hydrogens (primary N) is 1. The molecule has 0 amide bonds. The van der Waals surface area contributed by atoms with Crippen LogP contribution in [0.25, 0.3) is 0 Å². The lowest BCUT2D eigenvalue weighted by atomic mass is 10.1. The molecule has 96 valence electrons. The molecule has 2 bridgehead atoms. The maximum atomic E-state index is 7.47. The van der Waals surface area contributed by atoms with E-state index in [4.69, 9.17) is 15.9 Å². The van der Waals surface area contributed by atoms with Gasteiger partial charge in [0.05, 0.1) is 12.2 Å². The summed E-state index contributed by atoms with van der Waals surface area (Å²) in [6.45, 7) is 2.99. The highest BCUT2D eigenvalue weighted by atomic mass is 16.5. The molecule has 1 aromatic carbocycles. The van der Waals surface area contributed by atoms with E-state index in [1.165, 1.54) is 18.4 Å². The molecule has 2 atom stereocenters. The summed E-state index contributed by atoms with van der Waals surface area (Å²) in [5.74, 6) is 0.138. The molecular weight excluding hydrogens is 226 g/mol. The first-order valence-corrected chi connectivity index (χ1v) is 6.52. The average molecular weight is 245 g/mol. The Morgan fingerprint density at radius 1 is 1.33 bits per heavy atom. The smallest absolute Gasteiger partial charge is 0.122 e. The molecule has 2 heterocycles. The highest BCUT2D eigenvalue weighted by Crippen LogP contribution is 2.27. The van der Waals surface area contributed by atoms with E-state index in [9.17, 15) is 0 Å². The minimum atomic E-state index is 0.138. The molecule has 2 aliphatic heterocycles. The summed E-state index contributed by atoms with van der Waals surface area (Å²) in [4.78, 5) is 2.45. The molecule has 3 N–H and O–H groups in total. The van der Waals surface area contributed by atoms with Gasteiger partial charge in [0.15, 0.2) is 0 Å². The van der Waals surface area contributed by atoms with Gasteiger partial charge in [-0.1, -0.05) is 18.2 Å². The van der Waals surface area contributed by atoms with Gasteiger partial charge in [-0.2, -0.15) is 0 Å². The van der Waals surface area contributed by atoms with Crippen LogP contribution in [0.2, 0.25) is 0 Å². The van der Waals surface area contributed by atoms with Crippen molar-refractivity contribution in [3.8, 4) is 0 Å². The van der Waals surface area contributed by atoms with Crippen LogP contribution in [0.15, 0.2) is 24.3 Å². The third-order valence-corrected chi connectivity index (χ3v) is 3.76. The number of ether oxygens (including phenoxy) is 1. The number of morpholine rings is 1. The summed E-state index contributed by atoms with van der Waals surface area (Å²) in [6, 6.07) is 7.97. The van der Waals surface area contributed by atoms with Crippen LogP contribution in [0.5, 0.6) is 0 Å². The Morgan fingerprint density at radius 3 is 2.72 bits per heavy atom. The number of fused-ring (bicyclic) bond motifs is 2. The van der Waals surface area contributed by atoms with Crippen molar-refractivity contribution < 1.29 is 4.74 Å². The predicted molar refractivity (Wildman–Crippen MR) is 70.6 cm³/mol. The minimum absolute atomic E-state index is 0.138. The quantitative estimate of drug-likeness (QED) is 0.624. The van der Waals surface area contributed by atoms with Crippen LogP contribution in [-0.2, 0) is 11.3 Å². The molecule has 2 unspecified atom stereocenters. The maximum Gasteiger partial charge on any atom is 0.122 e. The Balaban J connectivity index is 1.69. The average Bonchev–Trinajstić information content (AvgIpc) is 2.69. The SMILES string of the molecule is N=C(N)c1cccc(CN2CC3CCC(C2)O3)c1. The molecule has 18 heavy (non-hydrogen) atoms. The largest absolute Gasteiger partial charge is 0.384 e. The van der Waals surface area contributed by atoms with Crippen molar-refractivity contribution in [1.29, 1.82) is 5.41 Å². The molecule has 3 rings (SSSR count). The topological polar surface area (TPSA) is 62.3 Å². The van der Waals surface area contributed by atoms with E-state index in [2.05, 4.69) is 11.0 Å². The van der Waals surface area contributed by atoms with Gasteiger partial charge >= 0.3 is 0 Å². The first-order valence-electron chi connectivity index (χ1n) is 6.52. The molecular formula is C14H19N3O. The van der Waals surface area contributed by atoms with Gasteiger partial charge in [0.1, 0.15) is 5.84 Å². The Labute approximate surface area is 107 Å². The standard InChI is InChI=1S/C14H19N3O/c15-14(16)11-3-1-2-10(6-11)7-17-8-12-4-5-13(9-17)18-12/h1-3,6,12-13H,4-5,7-9H2,(H3,15,16). The number of nitrogen functional groups attached to an aromatic ring is 1. The van der Waals surface area contributed by atoms with Crippen molar-refractivity contribution in [2.75, 3.05) is 13.1 Å². The normalized spacial score (nSPS) is 27.3. The van der Waals surface area contributed by atoms with E-state index in [0.29, 0.717) is 12.2 Å². The predicted octanol–water partition coefficient (Wildman–Crippen LogP) is 1.33. The van der Waals surface area contributed by atoms with E-state index in [1.54, 1.807) is 0 Å². The summed E-state index contributed by atoms with van der Waals surface area (Å²) >= 11 is 0. The molecule has 2 aliphatic rings. The monoisotopic (exact) mass is 245 g/mol. The molecule has 1 aromatic rings. The van der Waals surface area contributed by atoms with Crippen molar-refractivity contribution in [2.45, 2.75) is 31.6 Å². The number of rotatable bonds is 3. The van der Waals surface area contributed by atoms with Gasteiger partial charge in [-0.3, -0.25) is 10.3 Å². The first kappa shape index (κ1) is 11.7. The number of hydrogen-bond donors (Lipinski definition) is 2. The number of benzene rings is 1. The van der Waals surface area contributed by atoms with Gasteiger partial charge in [0, 0.05) is 25.2 Å². The van der Waals surface area contributed by atoms with Crippen LogP contribution in [0.1, 0.15) is 24.0 Å². The van der Waals surface area contributed by atoms with E-state index < -0.39 is 0 Å². The number of likely N-dealkylation sites (tertiary alicyclic amines) is 1. The second-order valence-corrected chi connectivity index (χ2v) is 5.27. The Bertz CT molecular complexity index is 448. The van der Waals surface area contributed by atoms with Gasteiger partial charge in [-0.05, 0) is 24.5 Å². The van der Waals surface area contributed by atoms with Crippen LogP contribution < -0.4 is 5.73 Å². The minimum Gasteiger partial charge on any atom is -0.384 e. The van der Waals surface area contributed by atoms with Gasteiger partial charge in [0.2, 0.25) is 0 Å². The van der Waals surface area contributed by atoms with Crippen molar-refractivity contribution in [3.05, 3.63) is 35.4 Å². The lowest BCUT2D eigenvalue weighted by Gasteiger charge is -2.32. The molecule has 0 spiro atoms. The van der Waals surface area contributed by atoms with Crippen LogP contribution >= 0.6 is 0 Å². The van der Waals surface area contributed by atoms with Gasteiger partial charge in [-0.15, -0.1) is 0 Å². The van der Waals surface area contributed by atoms with Gasteiger partial charge in [0.25, 0.3) is 0 Å². The fraction of sp³-hybridized carbons (Fsp3) is 0.500. The third-order valence-electron chi connectivity index (χ3n) is 3.76. The van der Waals surface area contributed by atoms with Gasteiger partial charge < -0.3 is 10.5 Å². The van der Waals surface area contributed by atoms with Crippen molar-refractivity contribution in [3.63, 3.8) is 0 Å². The number of hydrogen-bond acceptors (Lipinski definition) is 3. The van der Waals surface area contributed by atoms with Crippen LogP contribution in [0.4, 0.5) is 0 Å². The molecule has 0 aliphatic carbocycles. The summed E-state index contributed by atoms with van der Waals surface area (Å²) in [7, 11) is 0. The fourth-order valence-corrected chi connectivity index (χ4v) is 2.92. The zero-order valence-electron chi connectivity index (χ0n) is 10.4. The Kier molecular flexibility index (Phi) is 3.06. The van der Waals surface area contributed by atoms with Crippen molar-refractivity contribution >= 4 is 5.84 Å². The van der Waals surface area contributed by atoms with Crippen LogP contribution in [0, 0.1) is 5.41 Å². The van der Waals surface area contributed by atoms with E-state index >= 15 is 0 Å². The van der Waals surface area contributed by atoms with E-state index in [0.717, 1.165) is 25.2 Å². The molecule has 2 saturated heterocycles. The number of amidine groups is 1. The molecule has 0 saturated carbocycles. The maximum absolute atomic E-state index is 7.47. The lowest BCUT2D eigenvalue weighted by molar-refractivity contribution is -0.0410. The van der Waals surface area contributed by atoms with E-state index in [-0.39, 0.29) is 5.84 Å². The zero-order chi connectivity index (χ0) is 12.5. The Hall–Kier alpha value is -1.39. The summed E-state index contributed by atoms with van der Waals surface area (Å²) in [5, 5.41) is 7.47. The van der Waals surface area contributed by atoms with Crippen molar-refractivity contribution in [1.82, 2.24) is 4.90 Å². The van der Waals surface area contributed by atoms with E-state index in [1.807, 2.05) is 18.2 Å². The second kappa shape index (κ2) is 4.71. The van der Waals surface area contributed by atoms with Gasteiger partial charge in [-0.25, -0.2) is 0 Å². The number of nitrogens with one attached hydrogen (secondary N) is 1. The zero-order valence-corrected chi connectivity index (χ0v) is 10.4. The summed E-state index contributed by atoms with van der Waals surface area (Å²) in [5.41, 5.74) is 7.55. The first-order chi connectivity index (χ1) is 8.70. The second-order valence-electron chi connectivity index (χ2n) is 5.27. The molecule has 0 radical (unpaired) electrons. The van der Waals surface area contributed by atoms with Crippen LogP contribution in [0.3, 0.4) is 0 Å². The molecule has 2 fully saturated rings. The molecule has 0 aromatic heterocycles. The third kappa shape index (κ3) is 2.40. The Morgan fingerprint density at radius 2 is 2.06 bits per heavy atom. The number of nitrogens with zero attached hydrogens (tertiary/aromatic N) is 1. The highest BCUT2D eigenvalue weighted by molar-refractivity contribution is 5.95. The summed E-state index contributed by atoms with van der Waals surface area (Å²) in [6.07, 6.45) is 3.27. The lowest BCUT2D eigenvalue weighted by Crippen LogP contribution is -2.41. The molecule has 4 heteroatoms.